The lowest BCUT2D eigenvalue weighted by Gasteiger charge is -2.23. The number of carboxylic acid groups (broad SMARTS) is 1. The largest absolute Gasteiger partial charge is 0.480 e. The maximum atomic E-state index is 12.2. The Morgan fingerprint density at radius 2 is 1.77 bits per heavy atom. The zero-order chi connectivity index (χ0) is 16.1. The molecule has 2 N–H and O–H groups in total. The fourth-order valence-corrected chi connectivity index (χ4v) is 3.34. The van der Waals surface area contributed by atoms with Crippen molar-refractivity contribution in [1.82, 2.24) is 5.32 Å². The van der Waals surface area contributed by atoms with E-state index in [4.69, 9.17) is 23.2 Å². The standard InChI is InChI=1S/C16H19Cl2NO3/c17-12-7-4-8-13(18)11(12)9-14(16(21)22)19-15(20)10-5-2-1-3-6-10/h4,7-8,10,14H,1-3,5-6,9H2,(H,19,20)(H,21,22)/t14-/m1/s1. The molecule has 22 heavy (non-hydrogen) atoms. The molecule has 0 aliphatic heterocycles. The Morgan fingerprint density at radius 3 is 2.32 bits per heavy atom. The van der Waals surface area contributed by atoms with Gasteiger partial charge in [-0.15, -0.1) is 0 Å². The van der Waals surface area contributed by atoms with Crippen LogP contribution in [0.4, 0.5) is 0 Å². The molecule has 0 spiro atoms. The Labute approximate surface area is 139 Å². The van der Waals surface area contributed by atoms with E-state index in [9.17, 15) is 14.7 Å². The van der Waals surface area contributed by atoms with Gasteiger partial charge in [0.2, 0.25) is 5.91 Å². The molecule has 0 heterocycles. The predicted molar refractivity (Wildman–Crippen MR) is 86.3 cm³/mol. The van der Waals surface area contributed by atoms with Gasteiger partial charge >= 0.3 is 5.97 Å². The van der Waals surface area contributed by atoms with E-state index in [0.717, 1.165) is 32.1 Å². The summed E-state index contributed by atoms with van der Waals surface area (Å²) in [5.74, 6) is -1.35. The first-order valence-corrected chi connectivity index (χ1v) is 8.20. The van der Waals surface area contributed by atoms with Crippen LogP contribution in [-0.2, 0) is 16.0 Å². The van der Waals surface area contributed by atoms with Gasteiger partial charge in [-0.25, -0.2) is 4.79 Å². The number of amides is 1. The smallest absolute Gasteiger partial charge is 0.326 e. The van der Waals surface area contributed by atoms with Gasteiger partial charge in [0, 0.05) is 22.4 Å². The quantitative estimate of drug-likeness (QED) is 0.856. The van der Waals surface area contributed by atoms with E-state index >= 15 is 0 Å². The SMILES string of the molecule is O=C(N[C@H](Cc1c(Cl)cccc1Cl)C(=O)O)C1CCCCC1. The molecule has 6 heteroatoms. The summed E-state index contributed by atoms with van der Waals surface area (Å²) in [6.45, 7) is 0. The Hall–Kier alpha value is -1.26. The highest BCUT2D eigenvalue weighted by atomic mass is 35.5. The van der Waals surface area contributed by atoms with E-state index in [-0.39, 0.29) is 18.2 Å². The van der Waals surface area contributed by atoms with E-state index in [1.165, 1.54) is 0 Å². The predicted octanol–water partition coefficient (Wildman–Crippen LogP) is 3.69. The van der Waals surface area contributed by atoms with Crippen LogP contribution >= 0.6 is 23.2 Å². The van der Waals surface area contributed by atoms with Crippen LogP contribution in [0.5, 0.6) is 0 Å². The molecule has 0 unspecified atom stereocenters. The molecular weight excluding hydrogens is 325 g/mol. The summed E-state index contributed by atoms with van der Waals surface area (Å²) in [5.41, 5.74) is 0.544. The summed E-state index contributed by atoms with van der Waals surface area (Å²) >= 11 is 12.1. The van der Waals surface area contributed by atoms with Crippen LogP contribution in [0.15, 0.2) is 18.2 Å². The van der Waals surface area contributed by atoms with Crippen molar-refractivity contribution in [2.75, 3.05) is 0 Å². The number of benzene rings is 1. The van der Waals surface area contributed by atoms with Gasteiger partial charge in [0.05, 0.1) is 0 Å². The topological polar surface area (TPSA) is 66.4 Å². The number of hydrogen-bond donors (Lipinski definition) is 2. The highest BCUT2D eigenvalue weighted by Gasteiger charge is 2.27. The second-order valence-corrected chi connectivity index (χ2v) is 6.45. The van der Waals surface area contributed by atoms with Crippen molar-refractivity contribution in [2.24, 2.45) is 5.92 Å². The van der Waals surface area contributed by atoms with Crippen molar-refractivity contribution in [3.05, 3.63) is 33.8 Å². The van der Waals surface area contributed by atoms with Crippen LogP contribution < -0.4 is 5.32 Å². The number of halogens is 2. The van der Waals surface area contributed by atoms with Gasteiger partial charge in [0.15, 0.2) is 0 Å². The lowest BCUT2D eigenvalue weighted by atomic mass is 9.88. The number of aliphatic carboxylic acids is 1. The summed E-state index contributed by atoms with van der Waals surface area (Å²) in [6, 6.07) is 3.99. The van der Waals surface area contributed by atoms with Crippen molar-refractivity contribution >= 4 is 35.1 Å². The minimum atomic E-state index is -1.08. The van der Waals surface area contributed by atoms with Gasteiger partial charge in [-0.05, 0) is 30.5 Å². The molecule has 0 radical (unpaired) electrons. The Balaban J connectivity index is 2.07. The maximum absolute atomic E-state index is 12.2. The van der Waals surface area contributed by atoms with E-state index < -0.39 is 12.0 Å². The lowest BCUT2D eigenvalue weighted by Crippen LogP contribution is -2.45. The van der Waals surface area contributed by atoms with E-state index in [1.54, 1.807) is 18.2 Å². The molecule has 0 bridgehead atoms. The zero-order valence-corrected chi connectivity index (χ0v) is 13.7. The summed E-state index contributed by atoms with van der Waals surface area (Å²) in [7, 11) is 0. The Bertz CT molecular complexity index is 536. The minimum absolute atomic E-state index is 0.0757. The highest BCUT2D eigenvalue weighted by molar-refractivity contribution is 6.36. The van der Waals surface area contributed by atoms with Crippen molar-refractivity contribution in [3.63, 3.8) is 0 Å². The number of carbonyl (C=O) groups is 2. The molecule has 2 rings (SSSR count). The molecule has 1 aromatic rings. The molecule has 1 aliphatic rings. The van der Waals surface area contributed by atoms with Crippen LogP contribution in [0.25, 0.3) is 0 Å². The molecule has 1 atom stereocenters. The van der Waals surface area contributed by atoms with Crippen LogP contribution in [-0.4, -0.2) is 23.0 Å². The normalized spacial score (nSPS) is 17.0. The monoisotopic (exact) mass is 343 g/mol. The van der Waals surface area contributed by atoms with Crippen LogP contribution in [0.3, 0.4) is 0 Å². The number of rotatable bonds is 5. The fourth-order valence-electron chi connectivity index (χ4n) is 2.79. The van der Waals surface area contributed by atoms with Gasteiger partial charge in [-0.1, -0.05) is 48.5 Å². The average Bonchev–Trinajstić information content (AvgIpc) is 2.50. The molecule has 120 valence electrons. The first-order chi connectivity index (χ1) is 10.5. The van der Waals surface area contributed by atoms with Crippen molar-refractivity contribution in [3.8, 4) is 0 Å². The molecular formula is C16H19Cl2NO3. The first-order valence-electron chi connectivity index (χ1n) is 7.45. The van der Waals surface area contributed by atoms with Crippen molar-refractivity contribution < 1.29 is 14.7 Å². The molecule has 0 aromatic heterocycles. The molecule has 1 amide bonds. The van der Waals surface area contributed by atoms with Gasteiger partial charge < -0.3 is 10.4 Å². The first kappa shape index (κ1) is 17.1. The summed E-state index contributed by atoms with van der Waals surface area (Å²) in [5, 5.41) is 12.8. The third kappa shape index (κ3) is 4.37. The van der Waals surface area contributed by atoms with E-state index in [1.807, 2.05) is 0 Å². The van der Waals surface area contributed by atoms with Crippen LogP contribution in [0.1, 0.15) is 37.7 Å². The van der Waals surface area contributed by atoms with Crippen LogP contribution in [0.2, 0.25) is 10.0 Å². The minimum Gasteiger partial charge on any atom is -0.480 e. The average molecular weight is 344 g/mol. The second kappa shape index (κ2) is 7.84. The molecule has 1 saturated carbocycles. The molecule has 0 saturated heterocycles. The van der Waals surface area contributed by atoms with Gasteiger partial charge in [0.1, 0.15) is 6.04 Å². The third-order valence-corrected chi connectivity index (χ3v) is 4.77. The van der Waals surface area contributed by atoms with Gasteiger partial charge in [0.25, 0.3) is 0 Å². The number of nitrogens with one attached hydrogen (secondary N) is 1. The molecule has 1 aromatic carbocycles. The van der Waals surface area contributed by atoms with Gasteiger partial charge in [-0.2, -0.15) is 0 Å². The van der Waals surface area contributed by atoms with Crippen LogP contribution in [0, 0.1) is 5.92 Å². The zero-order valence-electron chi connectivity index (χ0n) is 12.1. The van der Waals surface area contributed by atoms with E-state index in [2.05, 4.69) is 5.32 Å². The second-order valence-electron chi connectivity index (χ2n) is 5.64. The van der Waals surface area contributed by atoms with Gasteiger partial charge in [-0.3, -0.25) is 4.79 Å². The lowest BCUT2D eigenvalue weighted by molar-refractivity contribution is -0.142. The summed E-state index contributed by atoms with van der Waals surface area (Å²) < 4.78 is 0. The van der Waals surface area contributed by atoms with E-state index in [0.29, 0.717) is 15.6 Å². The number of hydrogen-bond acceptors (Lipinski definition) is 2. The highest BCUT2D eigenvalue weighted by Crippen LogP contribution is 2.27. The Kier molecular flexibility index (Phi) is 6.09. The number of carboxylic acids is 1. The van der Waals surface area contributed by atoms with Crippen molar-refractivity contribution in [2.45, 2.75) is 44.6 Å². The molecule has 1 aliphatic carbocycles. The third-order valence-electron chi connectivity index (χ3n) is 4.06. The fraction of sp³-hybridized carbons (Fsp3) is 0.500. The summed E-state index contributed by atoms with van der Waals surface area (Å²) in [4.78, 5) is 23.7. The molecule has 4 nitrogen and oxygen atoms in total. The summed E-state index contributed by atoms with van der Waals surface area (Å²) in [6.07, 6.45) is 4.90. The number of carbonyl (C=O) groups excluding carboxylic acids is 1. The maximum Gasteiger partial charge on any atom is 0.326 e. The Morgan fingerprint density at radius 1 is 1.18 bits per heavy atom. The van der Waals surface area contributed by atoms with Crippen molar-refractivity contribution in [1.29, 1.82) is 0 Å². The molecule has 1 fully saturated rings.